The molecule has 1 unspecified atom stereocenters. The molecule has 1 aromatic heterocycles. The Hall–Kier alpha value is -1.30. The first-order valence-electron chi connectivity index (χ1n) is 5.39. The molecule has 1 aliphatic carbocycles. The van der Waals surface area contributed by atoms with Crippen LogP contribution in [0.2, 0.25) is 0 Å². The van der Waals surface area contributed by atoms with E-state index in [0.717, 1.165) is 30.5 Å². The van der Waals surface area contributed by atoms with E-state index in [1.165, 1.54) is 6.20 Å². The summed E-state index contributed by atoms with van der Waals surface area (Å²) < 4.78 is 40.6. The van der Waals surface area contributed by atoms with Gasteiger partial charge in [0.1, 0.15) is 5.75 Å². The van der Waals surface area contributed by atoms with Gasteiger partial charge >= 0.3 is 6.18 Å². The summed E-state index contributed by atoms with van der Waals surface area (Å²) in [7, 11) is 0. The largest absolute Gasteiger partial charge is 0.482 e. The number of rotatable bonds is 2. The van der Waals surface area contributed by atoms with Crippen LogP contribution in [0.3, 0.4) is 0 Å². The number of hydrogen-bond acceptors (Lipinski definition) is 3. The molecule has 1 heterocycles. The first-order valence-corrected chi connectivity index (χ1v) is 5.39. The minimum atomic E-state index is -4.33. The molecule has 0 saturated heterocycles. The van der Waals surface area contributed by atoms with Gasteiger partial charge in [-0.2, -0.15) is 13.2 Å². The van der Waals surface area contributed by atoms with Gasteiger partial charge in [-0.1, -0.05) is 0 Å². The lowest BCUT2D eigenvalue weighted by Gasteiger charge is -2.21. The number of nitrogens with two attached hydrogens (primary N) is 1. The van der Waals surface area contributed by atoms with Gasteiger partial charge in [0, 0.05) is 6.04 Å². The van der Waals surface area contributed by atoms with Crippen LogP contribution < -0.4 is 10.5 Å². The predicted octanol–water partition coefficient (Wildman–Crippen LogP) is 2.36. The number of aromatic nitrogens is 1. The quantitative estimate of drug-likeness (QED) is 0.871. The third-order valence-corrected chi connectivity index (χ3v) is 2.69. The third-order valence-electron chi connectivity index (χ3n) is 2.69. The molecule has 1 aromatic rings. The number of fused-ring (bicyclic) bond motifs is 1. The Bertz CT molecular complexity index is 406. The molecule has 0 radical (unpaired) electrons. The Morgan fingerprint density at radius 3 is 2.94 bits per heavy atom. The number of nitrogens with zero attached hydrogens (tertiary/aromatic N) is 1. The van der Waals surface area contributed by atoms with Crippen LogP contribution in [0.15, 0.2) is 12.3 Å². The fourth-order valence-electron chi connectivity index (χ4n) is 1.93. The van der Waals surface area contributed by atoms with E-state index in [1.54, 1.807) is 6.07 Å². The van der Waals surface area contributed by atoms with E-state index in [2.05, 4.69) is 9.72 Å². The maximum absolute atomic E-state index is 12.0. The third kappa shape index (κ3) is 3.09. The molecule has 2 N–H and O–H groups in total. The molecule has 0 bridgehead atoms. The van der Waals surface area contributed by atoms with Gasteiger partial charge in [0.05, 0.1) is 11.9 Å². The van der Waals surface area contributed by atoms with Crippen molar-refractivity contribution in [3.8, 4) is 5.75 Å². The van der Waals surface area contributed by atoms with Crippen LogP contribution in [0.4, 0.5) is 13.2 Å². The normalized spacial score (nSPS) is 19.9. The number of aryl methyl sites for hydroxylation is 1. The lowest BCUT2D eigenvalue weighted by molar-refractivity contribution is -0.153. The molecule has 1 aliphatic rings. The molecule has 1 atom stereocenters. The molecule has 0 aliphatic heterocycles. The number of ether oxygens (including phenoxy) is 1. The Morgan fingerprint density at radius 2 is 2.24 bits per heavy atom. The Labute approximate surface area is 96.8 Å². The number of hydrogen-bond donors (Lipinski definition) is 1. The second kappa shape index (κ2) is 4.52. The lowest BCUT2D eigenvalue weighted by Crippen LogP contribution is -2.21. The van der Waals surface area contributed by atoms with E-state index in [9.17, 15) is 13.2 Å². The van der Waals surface area contributed by atoms with Crippen molar-refractivity contribution < 1.29 is 17.9 Å². The summed E-state index contributed by atoms with van der Waals surface area (Å²) in [4.78, 5) is 4.08. The SMILES string of the molecule is NC1CCCc2cc(OCC(F)(F)F)cnc21. The van der Waals surface area contributed by atoms with Crippen molar-refractivity contribution in [2.45, 2.75) is 31.5 Å². The summed E-state index contributed by atoms with van der Waals surface area (Å²) in [6.07, 6.45) is -0.442. The molecular formula is C11H13F3N2O. The maximum Gasteiger partial charge on any atom is 0.422 e. The smallest absolute Gasteiger partial charge is 0.422 e. The van der Waals surface area contributed by atoms with Crippen LogP contribution in [0.25, 0.3) is 0 Å². The average Bonchev–Trinajstić information content (AvgIpc) is 2.26. The molecule has 2 rings (SSSR count). The van der Waals surface area contributed by atoms with Crippen molar-refractivity contribution in [1.29, 1.82) is 0 Å². The van der Waals surface area contributed by atoms with Gasteiger partial charge in [-0.05, 0) is 30.9 Å². The lowest BCUT2D eigenvalue weighted by atomic mass is 9.92. The highest BCUT2D eigenvalue weighted by Crippen LogP contribution is 2.29. The fourth-order valence-corrected chi connectivity index (χ4v) is 1.93. The van der Waals surface area contributed by atoms with Crippen molar-refractivity contribution in [3.05, 3.63) is 23.5 Å². The van der Waals surface area contributed by atoms with Crippen LogP contribution in [0.5, 0.6) is 5.75 Å². The zero-order valence-corrected chi connectivity index (χ0v) is 9.13. The summed E-state index contributed by atoms with van der Waals surface area (Å²) in [6, 6.07) is 1.49. The van der Waals surface area contributed by atoms with Crippen molar-refractivity contribution in [1.82, 2.24) is 4.98 Å². The molecule has 3 nitrogen and oxygen atoms in total. The van der Waals surface area contributed by atoms with E-state index in [0.29, 0.717) is 0 Å². The molecule has 0 spiro atoms. The second-order valence-electron chi connectivity index (χ2n) is 4.12. The zero-order chi connectivity index (χ0) is 12.5. The standard InChI is InChI=1S/C11H13F3N2O/c12-11(13,14)6-17-8-4-7-2-1-3-9(15)10(7)16-5-8/h4-5,9H,1-3,6,15H2. The van der Waals surface area contributed by atoms with Gasteiger partial charge in [0.15, 0.2) is 6.61 Å². The molecular weight excluding hydrogens is 233 g/mol. The zero-order valence-electron chi connectivity index (χ0n) is 9.13. The predicted molar refractivity (Wildman–Crippen MR) is 55.7 cm³/mol. The van der Waals surface area contributed by atoms with Gasteiger partial charge in [0.25, 0.3) is 0 Å². The fraction of sp³-hybridized carbons (Fsp3) is 0.545. The van der Waals surface area contributed by atoms with Crippen LogP contribution >= 0.6 is 0 Å². The molecule has 0 saturated carbocycles. The van der Waals surface area contributed by atoms with Crippen LogP contribution in [0.1, 0.15) is 30.1 Å². The van der Waals surface area contributed by atoms with Gasteiger partial charge < -0.3 is 10.5 Å². The monoisotopic (exact) mass is 246 g/mol. The van der Waals surface area contributed by atoms with Gasteiger partial charge in [0.2, 0.25) is 0 Å². The molecule has 0 fully saturated rings. The molecule has 0 amide bonds. The van der Waals surface area contributed by atoms with E-state index in [4.69, 9.17) is 5.73 Å². The first kappa shape index (κ1) is 12.2. The van der Waals surface area contributed by atoms with Crippen molar-refractivity contribution >= 4 is 0 Å². The summed E-state index contributed by atoms with van der Waals surface area (Å²) in [5, 5.41) is 0. The van der Waals surface area contributed by atoms with E-state index < -0.39 is 12.8 Å². The van der Waals surface area contributed by atoms with Crippen molar-refractivity contribution in [3.63, 3.8) is 0 Å². The highest BCUT2D eigenvalue weighted by Gasteiger charge is 2.28. The Balaban J connectivity index is 2.11. The van der Waals surface area contributed by atoms with Crippen LogP contribution in [-0.4, -0.2) is 17.8 Å². The number of alkyl halides is 3. The van der Waals surface area contributed by atoms with Crippen molar-refractivity contribution in [2.24, 2.45) is 5.73 Å². The highest BCUT2D eigenvalue weighted by atomic mass is 19.4. The Morgan fingerprint density at radius 1 is 1.47 bits per heavy atom. The second-order valence-corrected chi connectivity index (χ2v) is 4.12. The van der Waals surface area contributed by atoms with Gasteiger partial charge in [-0.3, -0.25) is 4.98 Å². The number of halogens is 3. The highest BCUT2D eigenvalue weighted by molar-refractivity contribution is 5.32. The summed E-state index contributed by atoms with van der Waals surface area (Å²) in [6.45, 7) is -1.29. The molecule has 0 aromatic carbocycles. The summed E-state index contributed by atoms with van der Waals surface area (Å²) >= 11 is 0. The first-order chi connectivity index (χ1) is 7.96. The minimum absolute atomic E-state index is 0.115. The molecule has 94 valence electrons. The van der Waals surface area contributed by atoms with Crippen LogP contribution in [0, 0.1) is 0 Å². The van der Waals surface area contributed by atoms with Crippen LogP contribution in [-0.2, 0) is 6.42 Å². The minimum Gasteiger partial charge on any atom is -0.482 e. The van der Waals surface area contributed by atoms with E-state index in [-0.39, 0.29) is 11.8 Å². The van der Waals surface area contributed by atoms with Crippen molar-refractivity contribution in [2.75, 3.05) is 6.61 Å². The molecule has 6 heteroatoms. The average molecular weight is 246 g/mol. The summed E-state index contributed by atoms with van der Waals surface area (Å²) in [5.74, 6) is 0.148. The Kier molecular flexibility index (Phi) is 3.24. The van der Waals surface area contributed by atoms with E-state index in [1.807, 2.05) is 0 Å². The number of pyridine rings is 1. The summed E-state index contributed by atoms with van der Waals surface area (Å²) in [5.41, 5.74) is 7.52. The van der Waals surface area contributed by atoms with E-state index >= 15 is 0 Å². The molecule has 17 heavy (non-hydrogen) atoms. The van der Waals surface area contributed by atoms with Gasteiger partial charge in [-0.15, -0.1) is 0 Å². The topological polar surface area (TPSA) is 48.1 Å². The maximum atomic E-state index is 12.0. The van der Waals surface area contributed by atoms with Gasteiger partial charge in [-0.25, -0.2) is 0 Å².